The van der Waals surface area contributed by atoms with Gasteiger partial charge in [-0.3, -0.25) is 0 Å². The maximum atomic E-state index is 6.36. The zero-order valence-corrected chi connectivity index (χ0v) is 19.4. The van der Waals surface area contributed by atoms with Crippen LogP contribution in [0.5, 0.6) is 11.6 Å². The fraction of sp³-hybridized carbons (Fsp3) is 0.500. The van der Waals surface area contributed by atoms with E-state index in [1.807, 2.05) is 24.4 Å². The number of aromatic nitrogens is 3. The van der Waals surface area contributed by atoms with E-state index in [0.29, 0.717) is 18.4 Å². The average Bonchev–Trinajstić information content (AvgIpc) is 3.28. The number of benzene rings is 1. The molecule has 2 saturated heterocycles. The minimum atomic E-state index is -0.204. The number of rotatable bonds is 6. The van der Waals surface area contributed by atoms with Gasteiger partial charge in [-0.2, -0.15) is 9.97 Å². The first-order valence-corrected chi connectivity index (χ1v) is 11.4. The second-order valence-electron chi connectivity index (χ2n) is 9.04. The zero-order chi connectivity index (χ0) is 22.8. The predicted octanol–water partition coefficient (Wildman–Crippen LogP) is 3.88. The molecule has 0 unspecified atom stereocenters. The monoisotopic (exact) mass is 453 g/mol. The number of aromatic amines is 1. The molecule has 0 bridgehead atoms. The molecule has 0 radical (unpaired) electrons. The van der Waals surface area contributed by atoms with Crippen LogP contribution in [0.3, 0.4) is 0 Å². The van der Waals surface area contributed by atoms with Gasteiger partial charge < -0.3 is 34.1 Å². The molecule has 0 amide bonds. The van der Waals surface area contributed by atoms with Crippen LogP contribution in [-0.2, 0) is 9.47 Å². The molecule has 176 valence electrons. The number of hydrogen-bond donors (Lipinski definition) is 2. The van der Waals surface area contributed by atoms with Crippen molar-refractivity contribution in [2.75, 3.05) is 50.2 Å². The lowest BCUT2D eigenvalue weighted by atomic mass is 9.96. The van der Waals surface area contributed by atoms with Crippen molar-refractivity contribution in [1.82, 2.24) is 15.0 Å². The number of anilines is 3. The number of hydrogen-bond acceptors (Lipinski definition) is 8. The van der Waals surface area contributed by atoms with E-state index in [9.17, 15) is 0 Å². The lowest BCUT2D eigenvalue weighted by molar-refractivity contribution is -0.0901. The van der Waals surface area contributed by atoms with Gasteiger partial charge in [0.05, 0.1) is 43.6 Å². The molecule has 3 aromatic rings. The van der Waals surface area contributed by atoms with Gasteiger partial charge in [-0.1, -0.05) is 0 Å². The van der Waals surface area contributed by atoms with Crippen LogP contribution >= 0.6 is 0 Å². The normalized spacial score (nSPS) is 20.6. The summed E-state index contributed by atoms with van der Waals surface area (Å²) in [5, 5.41) is 4.17. The fourth-order valence-corrected chi connectivity index (χ4v) is 4.42. The minimum Gasteiger partial charge on any atom is -0.494 e. The van der Waals surface area contributed by atoms with E-state index in [1.165, 1.54) is 0 Å². The summed E-state index contributed by atoms with van der Waals surface area (Å²) in [6, 6.07) is 8.04. The first kappa shape index (κ1) is 21.8. The molecule has 5 rings (SSSR count). The molecule has 4 heterocycles. The number of methoxy groups -OCH3 is 1. The maximum Gasteiger partial charge on any atom is 0.232 e. The first-order valence-electron chi connectivity index (χ1n) is 11.4. The fourth-order valence-electron chi connectivity index (χ4n) is 4.42. The summed E-state index contributed by atoms with van der Waals surface area (Å²) in [4.78, 5) is 14.8. The van der Waals surface area contributed by atoms with Gasteiger partial charge in [0, 0.05) is 43.9 Å². The van der Waals surface area contributed by atoms with Crippen LogP contribution in [0.15, 0.2) is 30.5 Å². The van der Waals surface area contributed by atoms with Crippen LogP contribution in [0, 0.1) is 0 Å². The Balaban J connectivity index is 1.40. The summed E-state index contributed by atoms with van der Waals surface area (Å²) in [7, 11) is 1.67. The third-order valence-corrected chi connectivity index (χ3v) is 6.12. The largest absolute Gasteiger partial charge is 0.494 e. The average molecular weight is 454 g/mol. The van der Waals surface area contributed by atoms with Crippen LogP contribution in [0.4, 0.5) is 17.3 Å². The van der Waals surface area contributed by atoms with Crippen LogP contribution < -0.4 is 19.7 Å². The molecule has 1 aromatic carbocycles. The Labute approximate surface area is 193 Å². The molecule has 33 heavy (non-hydrogen) atoms. The van der Waals surface area contributed by atoms with E-state index in [2.05, 4.69) is 40.1 Å². The summed E-state index contributed by atoms with van der Waals surface area (Å²) in [5.74, 6) is 1.74. The second kappa shape index (κ2) is 9.07. The number of nitrogens with zero attached hydrogens (tertiary/aromatic N) is 3. The molecule has 9 heteroatoms. The van der Waals surface area contributed by atoms with Gasteiger partial charge in [0.15, 0.2) is 0 Å². The standard InChI is InChI=1S/C24H31N5O4/c1-24(2)15-17(7-11-32-24)33-22-18-6-8-25-21(18)27-23(28-22)26-19-5-4-16(14-20(19)30-3)29-9-12-31-13-10-29/h4-6,8,14,17H,7,9-13,15H2,1-3H3,(H2,25,26,27,28)/t17-/m0/s1. The molecule has 2 aliphatic rings. The molecular formula is C24H31N5O4. The maximum absolute atomic E-state index is 6.36. The lowest BCUT2D eigenvalue weighted by Crippen LogP contribution is -2.39. The highest BCUT2D eigenvalue weighted by molar-refractivity contribution is 5.82. The van der Waals surface area contributed by atoms with Gasteiger partial charge in [-0.05, 0) is 32.0 Å². The van der Waals surface area contributed by atoms with E-state index < -0.39 is 0 Å². The number of nitrogens with one attached hydrogen (secondary N) is 2. The molecule has 2 fully saturated rings. The molecule has 2 N–H and O–H groups in total. The molecule has 2 aromatic heterocycles. The van der Waals surface area contributed by atoms with Crippen LogP contribution in [0.2, 0.25) is 0 Å². The molecule has 2 aliphatic heterocycles. The van der Waals surface area contributed by atoms with Crippen molar-refractivity contribution in [2.45, 2.75) is 38.4 Å². The summed E-state index contributed by atoms with van der Waals surface area (Å²) in [5.41, 5.74) is 2.41. The lowest BCUT2D eigenvalue weighted by Gasteiger charge is -2.35. The van der Waals surface area contributed by atoms with Crippen molar-refractivity contribution in [3.63, 3.8) is 0 Å². The van der Waals surface area contributed by atoms with Crippen molar-refractivity contribution in [3.8, 4) is 11.6 Å². The minimum absolute atomic E-state index is 0.0388. The van der Waals surface area contributed by atoms with Crippen molar-refractivity contribution in [1.29, 1.82) is 0 Å². The number of fused-ring (bicyclic) bond motifs is 1. The second-order valence-corrected chi connectivity index (χ2v) is 9.04. The molecule has 0 aliphatic carbocycles. The van der Waals surface area contributed by atoms with E-state index in [-0.39, 0.29) is 11.7 Å². The van der Waals surface area contributed by atoms with Gasteiger partial charge in [0.25, 0.3) is 0 Å². The molecular weight excluding hydrogens is 422 g/mol. The Morgan fingerprint density at radius 3 is 2.79 bits per heavy atom. The van der Waals surface area contributed by atoms with E-state index in [0.717, 1.165) is 67.3 Å². The van der Waals surface area contributed by atoms with Gasteiger partial charge in [0.2, 0.25) is 11.8 Å². The molecule has 1 atom stereocenters. The third kappa shape index (κ3) is 4.84. The van der Waals surface area contributed by atoms with Crippen molar-refractivity contribution < 1.29 is 18.9 Å². The van der Waals surface area contributed by atoms with Gasteiger partial charge >= 0.3 is 0 Å². The molecule has 9 nitrogen and oxygen atoms in total. The Morgan fingerprint density at radius 1 is 1.15 bits per heavy atom. The van der Waals surface area contributed by atoms with Gasteiger partial charge in [-0.25, -0.2) is 0 Å². The highest BCUT2D eigenvalue weighted by Gasteiger charge is 2.31. The summed E-state index contributed by atoms with van der Waals surface area (Å²) < 4.78 is 23.3. The van der Waals surface area contributed by atoms with Gasteiger partial charge in [-0.15, -0.1) is 0 Å². The van der Waals surface area contributed by atoms with Crippen molar-refractivity contribution in [2.24, 2.45) is 0 Å². The SMILES string of the molecule is COc1cc(N2CCOCC2)ccc1Nc1nc(O[C@H]2CCOC(C)(C)C2)c2cc[nH]c2n1. The summed E-state index contributed by atoms with van der Waals surface area (Å²) >= 11 is 0. The number of ether oxygens (including phenoxy) is 4. The molecule has 0 spiro atoms. The quantitative estimate of drug-likeness (QED) is 0.581. The summed E-state index contributed by atoms with van der Waals surface area (Å²) in [6.07, 6.45) is 3.53. The highest BCUT2D eigenvalue weighted by atomic mass is 16.5. The Bertz CT molecular complexity index is 1110. The Morgan fingerprint density at radius 2 is 2.00 bits per heavy atom. The van der Waals surface area contributed by atoms with Crippen molar-refractivity contribution >= 4 is 28.4 Å². The Kier molecular flexibility index (Phi) is 5.99. The van der Waals surface area contributed by atoms with Crippen LogP contribution in [0.25, 0.3) is 11.0 Å². The third-order valence-electron chi connectivity index (χ3n) is 6.12. The van der Waals surface area contributed by atoms with E-state index in [1.54, 1.807) is 7.11 Å². The van der Waals surface area contributed by atoms with Crippen LogP contribution in [0.1, 0.15) is 26.7 Å². The zero-order valence-electron chi connectivity index (χ0n) is 19.4. The summed E-state index contributed by atoms with van der Waals surface area (Å²) in [6.45, 7) is 8.07. The molecule has 0 saturated carbocycles. The van der Waals surface area contributed by atoms with Gasteiger partial charge in [0.1, 0.15) is 17.5 Å². The van der Waals surface area contributed by atoms with E-state index >= 15 is 0 Å². The number of H-pyrrole nitrogens is 1. The number of morpholine rings is 1. The Hall–Kier alpha value is -3.04. The predicted molar refractivity (Wildman–Crippen MR) is 127 cm³/mol. The first-order chi connectivity index (χ1) is 16.0. The van der Waals surface area contributed by atoms with Crippen molar-refractivity contribution in [3.05, 3.63) is 30.5 Å². The topological polar surface area (TPSA) is 93.8 Å². The van der Waals surface area contributed by atoms with Crippen LogP contribution in [-0.4, -0.2) is 66.7 Å². The van der Waals surface area contributed by atoms with E-state index in [4.69, 9.17) is 23.9 Å². The smallest absolute Gasteiger partial charge is 0.232 e. The highest BCUT2D eigenvalue weighted by Crippen LogP contribution is 2.34.